The van der Waals surface area contributed by atoms with Gasteiger partial charge in [-0.15, -0.1) is 0 Å². The van der Waals surface area contributed by atoms with Gasteiger partial charge in [-0.2, -0.15) is 0 Å². The van der Waals surface area contributed by atoms with Crippen LogP contribution in [-0.2, 0) is 14.3 Å². The number of fused-ring (bicyclic) bond motifs is 2. The summed E-state index contributed by atoms with van der Waals surface area (Å²) in [6.45, 7) is 1.62. The van der Waals surface area contributed by atoms with E-state index in [9.17, 15) is 9.59 Å². The van der Waals surface area contributed by atoms with E-state index in [2.05, 4.69) is 6.08 Å². The highest BCUT2D eigenvalue weighted by Crippen LogP contribution is 2.50. The number of aliphatic imine (C=N–C) groups is 1. The number of nitrogen functional groups attached to an aromatic ring is 1. The van der Waals surface area contributed by atoms with Gasteiger partial charge in [-0.05, 0) is 61.1 Å². The summed E-state index contributed by atoms with van der Waals surface area (Å²) in [7, 11) is 1.69. The molecule has 1 saturated carbocycles. The third kappa shape index (κ3) is 4.00. The lowest BCUT2D eigenvalue weighted by atomic mass is 9.64. The molecule has 0 amide bonds. The number of hydrogen-bond donors (Lipinski definition) is 1. The van der Waals surface area contributed by atoms with Gasteiger partial charge in [0.05, 0.1) is 30.4 Å². The first-order valence-corrected chi connectivity index (χ1v) is 11.9. The second-order valence-corrected chi connectivity index (χ2v) is 9.57. The molecule has 0 aromatic heterocycles. The van der Waals surface area contributed by atoms with E-state index < -0.39 is 11.8 Å². The fraction of sp³-hybridized carbons (Fsp3) is 0.345. The number of allylic oxidation sites excluding steroid dienone is 4. The molecule has 2 aliphatic carbocycles. The number of carbonyl (C=O) groups is 2. The zero-order valence-electron chi connectivity index (χ0n) is 19.7. The molecule has 2 N–H and O–H groups in total. The molecule has 3 aliphatic rings. The molecule has 2 aromatic rings. The van der Waals surface area contributed by atoms with Crippen molar-refractivity contribution < 1.29 is 14.3 Å². The quantitative estimate of drug-likeness (QED) is 0.605. The normalized spacial score (nSPS) is 26.3. The minimum atomic E-state index is -0.437. The highest BCUT2D eigenvalue weighted by molar-refractivity contribution is 6.11. The molecule has 5 heteroatoms. The van der Waals surface area contributed by atoms with Crippen molar-refractivity contribution in [3.8, 4) is 0 Å². The Balaban J connectivity index is 1.62. The molecule has 4 unspecified atom stereocenters. The van der Waals surface area contributed by atoms with Crippen molar-refractivity contribution in [2.45, 2.75) is 44.4 Å². The van der Waals surface area contributed by atoms with Crippen LogP contribution >= 0.6 is 0 Å². The topological polar surface area (TPSA) is 81.8 Å². The Kier molecular flexibility index (Phi) is 5.94. The van der Waals surface area contributed by atoms with Crippen LogP contribution < -0.4 is 5.73 Å². The minimum absolute atomic E-state index is 0.0490. The molecule has 0 saturated heterocycles. The van der Waals surface area contributed by atoms with E-state index in [0.717, 1.165) is 47.5 Å². The Morgan fingerprint density at radius 3 is 2.47 bits per heavy atom. The van der Waals surface area contributed by atoms with E-state index in [1.165, 1.54) is 5.57 Å². The first-order valence-electron chi connectivity index (χ1n) is 11.9. The molecule has 1 fully saturated rings. The standard InChI is InChI=1S/C29H30N2O3/c1-17(32)27-23-5-3-4-6-24(23)31-25-15-20(18-9-13-22(34-2)14-10-18)16-26(33)29(25)28(27)19-7-11-21(30)12-8-19/h3-9,11-13,20,27-29H,10,14-16,30H2,1-2H3. The van der Waals surface area contributed by atoms with Crippen molar-refractivity contribution in [2.24, 2.45) is 16.8 Å². The summed E-state index contributed by atoms with van der Waals surface area (Å²) in [5.74, 6) is 0.158. The summed E-state index contributed by atoms with van der Waals surface area (Å²) in [4.78, 5) is 32.0. The van der Waals surface area contributed by atoms with E-state index in [0.29, 0.717) is 12.1 Å². The Labute approximate surface area is 200 Å². The predicted octanol–water partition coefficient (Wildman–Crippen LogP) is 5.66. The Morgan fingerprint density at radius 2 is 1.79 bits per heavy atom. The van der Waals surface area contributed by atoms with E-state index in [-0.39, 0.29) is 23.4 Å². The van der Waals surface area contributed by atoms with Gasteiger partial charge in [0.15, 0.2) is 0 Å². The fourth-order valence-electron chi connectivity index (χ4n) is 5.90. The van der Waals surface area contributed by atoms with Crippen molar-refractivity contribution in [3.63, 3.8) is 0 Å². The lowest BCUT2D eigenvalue weighted by Gasteiger charge is -2.37. The molecule has 1 aliphatic heterocycles. The van der Waals surface area contributed by atoms with Crippen LogP contribution in [0.25, 0.3) is 0 Å². The maximum atomic E-state index is 13.8. The van der Waals surface area contributed by atoms with E-state index in [1.807, 2.05) is 54.6 Å². The highest BCUT2D eigenvalue weighted by atomic mass is 16.5. The lowest BCUT2D eigenvalue weighted by Crippen LogP contribution is -2.40. The first kappa shape index (κ1) is 22.3. The number of benzene rings is 2. The summed E-state index contributed by atoms with van der Waals surface area (Å²) in [5, 5.41) is 0. The number of ether oxygens (including phenoxy) is 1. The molecule has 5 rings (SSSR count). The van der Waals surface area contributed by atoms with Gasteiger partial charge in [0.1, 0.15) is 11.6 Å². The van der Waals surface area contributed by atoms with Crippen molar-refractivity contribution >= 4 is 28.7 Å². The van der Waals surface area contributed by atoms with E-state index in [4.69, 9.17) is 15.5 Å². The molecule has 0 spiro atoms. The van der Waals surface area contributed by atoms with Gasteiger partial charge in [-0.1, -0.05) is 42.0 Å². The average molecular weight is 455 g/mol. The summed E-state index contributed by atoms with van der Waals surface area (Å²) < 4.78 is 5.38. The van der Waals surface area contributed by atoms with Crippen molar-refractivity contribution in [1.29, 1.82) is 0 Å². The van der Waals surface area contributed by atoms with Crippen LogP contribution in [0, 0.1) is 11.8 Å². The molecule has 5 nitrogen and oxygen atoms in total. The van der Waals surface area contributed by atoms with Crippen LogP contribution in [0.3, 0.4) is 0 Å². The Hall–Kier alpha value is -3.47. The SMILES string of the molecule is COC1=CC=C(C2CC(=O)C3C(=Nc4ccccc4C(C(C)=O)C3c3ccc(N)cc3)C2)CC1. The third-order valence-corrected chi connectivity index (χ3v) is 7.55. The molecule has 174 valence electrons. The number of nitrogens with zero attached hydrogens (tertiary/aromatic N) is 1. The number of hydrogen-bond acceptors (Lipinski definition) is 5. The van der Waals surface area contributed by atoms with Crippen LogP contribution in [0.1, 0.15) is 55.6 Å². The Morgan fingerprint density at radius 1 is 1.03 bits per heavy atom. The lowest BCUT2D eigenvalue weighted by molar-refractivity contribution is -0.124. The number of rotatable bonds is 4. The molecule has 1 heterocycles. The summed E-state index contributed by atoms with van der Waals surface area (Å²) in [6, 6.07) is 15.5. The van der Waals surface area contributed by atoms with Crippen LogP contribution in [-0.4, -0.2) is 24.4 Å². The monoisotopic (exact) mass is 454 g/mol. The minimum Gasteiger partial charge on any atom is -0.501 e. The van der Waals surface area contributed by atoms with E-state index >= 15 is 0 Å². The fourth-order valence-corrected chi connectivity index (χ4v) is 5.90. The van der Waals surface area contributed by atoms with Crippen molar-refractivity contribution in [1.82, 2.24) is 0 Å². The van der Waals surface area contributed by atoms with Gasteiger partial charge >= 0.3 is 0 Å². The maximum Gasteiger partial charge on any atom is 0.142 e. The number of ketones is 2. The van der Waals surface area contributed by atoms with Gasteiger partial charge in [0.25, 0.3) is 0 Å². The first-order chi connectivity index (χ1) is 16.5. The highest BCUT2D eigenvalue weighted by Gasteiger charge is 2.47. The number of carbonyl (C=O) groups excluding carboxylic acids is 2. The van der Waals surface area contributed by atoms with Crippen LogP contribution in [0.15, 0.2) is 77.0 Å². The van der Waals surface area contributed by atoms with Crippen molar-refractivity contribution in [2.75, 3.05) is 12.8 Å². The second-order valence-electron chi connectivity index (χ2n) is 9.57. The van der Waals surface area contributed by atoms with Gasteiger partial charge in [-0.3, -0.25) is 14.6 Å². The summed E-state index contributed by atoms with van der Waals surface area (Å²) in [5.41, 5.74) is 11.4. The molecular weight excluding hydrogens is 424 g/mol. The summed E-state index contributed by atoms with van der Waals surface area (Å²) >= 11 is 0. The van der Waals surface area contributed by atoms with Gasteiger partial charge in [0, 0.05) is 30.2 Å². The number of anilines is 1. The van der Waals surface area contributed by atoms with Crippen LogP contribution in [0.4, 0.5) is 11.4 Å². The molecule has 0 radical (unpaired) electrons. The van der Waals surface area contributed by atoms with Crippen LogP contribution in [0.5, 0.6) is 0 Å². The molecule has 34 heavy (non-hydrogen) atoms. The second kappa shape index (κ2) is 9.05. The smallest absolute Gasteiger partial charge is 0.142 e. The van der Waals surface area contributed by atoms with Crippen LogP contribution in [0.2, 0.25) is 0 Å². The number of Topliss-reactive ketones (excluding diaryl/α,β-unsaturated/α-hetero) is 2. The third-order valence-electron chi connectivity index (χ3n) is 7.55. The molecule has 4 atom stereocenters. The maximum absolute atomic E-state index is 13.8. The molecule has 0 bridgehead atoms. The van der Waals surface area contributed by atoms with Gasteiger partial charge in [0.2, 0.25) is 0 Å². The summed E-state index contributed by atoms with van der Waals surface area (Å²) in [6.07, 6.45) is 7.07. The van der Waals surface area contributed by atoms with Gasteiger partial charge < -0.3 is 10.5 Å². The van der Waals surface area contributed by atoms with Crippen molar-refractivity contribution in [3.05, 3.63) is 83.1 Å². The van der Waals surface area contributed by atoms with Gasteiger partial charge in [-0.25, -0.2) is 0 Å². The predicted molar refractivity (Wildman–Crippen MR) is 134 cm³/mol. The molecular formula is C29H30N2O3. The number of nitrogens with two attached hydrogens (primary N) is 1. The Bertz CT molecular complexity index is 1220. The molecule has 2 aromatic carbocycles. The largest absolute Gasteiger partial charge is 0.501 e. The average Bonchev–Trinajstić information content (AvgIpc) is 2.99. The zero-order chi connectivity index (χ0) is 23.8. The number of methoxy groups -OCH3 is 1. The number of para-hydroxylation sites is 1. The zero-order valence-corrected chi connectivity index (χ0v) is 19.7. The van der Waals surface area contributed by atoms with E-state index in [1.54, 1.807) is 14.0 Å².